The van der Waals surface area contributed by atoms with Gasteiger partial charge in [-0.05, 0) is 66.5 Å². The molecule has 0 saturated heterocycles. The van der Waals surface area contributed by atoms with Crippen molar-refractivity contribution < 1.29 is 28.7 Å². The van der Waals surface area contributed by atoms with Gasteiger partial charge in [-0.2, -0.15) is 12.6 Å². The first-order valence-corrected chi connectivity index (χ1v) is 14.7. The molecule has 0 saturated carbocycles. The van der Waals surface area contributed by atoms with Crippen LogP contribution in [0.15, 0.2) is 54.6 Å². The van der Waals surface area contributed by atoms with E-state index in [0.29, 0.717) is 5.56 Å². The molecule has 0 bridgehead atoms. The SMILES string of the molecule is CCN(C(=O)C(CS)NC(=O)OC(C)(C)C)C(C(=O)NC(Cc1ccccc1)C(=O)OC(C)(C)C)c1cccc(C)c1. The maximum atomic E-state index is 14.1. The van der Waals surface area contributed by atoms with E-state index in [4.69, 9.17) is 9.47 Å². The first-order chi connectivity index (χ1) is 19.5. The van der Waals surface area contributed by atoms with Crippen LogP contribution in [0.4, 0.5) is 4.79 Å². The summed E-state index contributed by atoms with van der Waals surface area (Å²) in [7, 11) is 0. The van der Waals surface area contributed by atoms with Crippen LogP contribution < -0.4 is 10.6 Å². The molecule has 3 amide bonds. The highest BCUT2D eigenvalue weighted by molar-refractivity contribution is 7.80. The summed E-state index contributed by atoms with van der Waals surface area (Å²) in [5.74, 6) is -1.68. The Balaban J connectivity index is 2.47. The lowest BCUT2D eigenvalue weighted by Crippen LogP contribution is -2.55. The molecule has 2 aromatic rings. The Hall–Kier alpha value is -3.53. The molecule has 2 rings (SSSR count). The van der Waals surface area contributed by atoms with Gasteiger partial charge in [0.1, 0.15) is 29.3 Å². The minimum Gasteiger partial charge on any atom is -0.458 e. The molecule has 10 heteroatoms. The second-order valence-electron chi connectivity index (χ2n) is 12.1. The number of nitrogens with one attached hydrogen (secondary N) is 2. The highest BCUT2D eigenvalue weighted by atomic mass is 32.1. The van der Waals surface area contributed by atoms with Crippen LogP contribution in [0.25, 0.3) is 0 Å². The Morgan fingerprint density at radius 3 is 2.00 bits per heavy atom. The van der Waals surface area contributed by atoms with Gasteiger partial charge in [0, 0.05) is 18.7 Å². The fourth-order valence-electron chi connectivity index (χ4n) is 4.28. The number of ether oxygens (including phenoxy) is 2. The number of nitrogens with zero attached hydrogens (tertiary/aromatic N) is 1. The van der Waals surface area contributed by atoms with Crippen molar-refractivity contribution >= 4 is 36.5 Å². The quantitative estimate of drug-likeness (QED) is 0.253. The van der Waals surface area contributed by atoms with Crippen LogP contribution >= 0.6 is 12.6 Å². The Morgan fingerprint density at radius 1 is 0.857 bits per heavy atom. The molecule has 0 radical (unpaired) electrons. The first kappa shape index (κ1) is 34.7. The topological polar surface area (TPSA) is 114 Å². The van der Waals surface area contributed by atoms with Crippen molar-refractivity contribution in [3.8, 4) is 0 Å². The Bertz CT molecular complexity index is 1220. The normalized spacial score (nSPS) is 13.7. The van der Waals surface area contributed by atoms with Gasteiger partial charge in [0.25, 0.3) is 0 Å². The number of alkyl carbamates (subject to hydrolysis) is 1. The van der Waals surface area contributed by atoms with Crippen molar-refractivity contribution in [1.82, 2.24) is 15.5 Å². The maximum absolute atomic E-state index is 14.1. The molecule has 42 heavy (non-hydrogen) atoms. The number of thiol groups is 1. The van der Waals surface area contributed by atoms with Crippen molar-refractivity contribution in [3.63, 3.8) is 0 Å². The monoisotopic (exact) mass is 599 g/mol. The van der Waals surface area contributed by atoms with E-state index < -0.39 is 53.2 Å². The molecule has 230 valence electrons. The number of benzene rings is 2. The third-order valence-corrected chi connectivity index (χ3v) is 6.37. The summed E-state index contributed by atoms with van der Waals surface area (Å²) in [6.45, 7) is 14.2. The zero-order valence-electron chi connectivity index (χ0n) is 25.9. The molecule has 0 aliphatic rings. The summed E-state index contributed by atoms with van der Waals surface area (Å²) >= 11 is 4.30. The molecule has 0 aromatic heterocycles. The van der Waals surface area contributed by atoms with Crippen LogP contribution in [0.3, 0.4) is 0 Å². The van der Waals surface area contributed by atoms with Crippen molar-refractivity contribution in [1.29, 1.82) is 0 Å². The van der Waals surface area contributed by atoms with E-state index >= 15 is 0 Å². The van der Waals surface area contributed by atoms with E-state index in [2.05, 4.69) is 23.3 Å². The van der Waals surface area contributed by atoms with E-state index in [-0.39, 0.29) is 18.7 Å². The van der Waals surface area contributed by atoms with Gasteiger partial charge in [0.2, 0.25) is 11.8 Å². The summed E-state index contributed by atoms with van der Waals surface area (Å²) < 4.78 is 11.0. The van der Waals surface area contributed by atoms with Crippen LogP contribution in [0, 0.1) is 6.92 Å². The maximum Gasteiger partial charge on any atom is 0.408 e. The van der Waals surface area contributed by atoms with Gasteiger partial charge in [-0.15, -0.1) is 0 Å². The Labute approximate surface area is 255 Å². The molecule has 0 spiro atoms. The number of carbonyl (C=O) groups is 4. The smallest absolute Gasteiger partial charge is 0.408 e. The van der Waals surface area contributed by atoms with Crippen LogP contribution in [0.2, 0.25) is 0 Å². The Kier molecular flexibility index (Phi) is 12.5. The number of aryl methyl sites for hydroxylation is 1. The summed E-state index contributed by atoms with van der Waals surface area (Å²) in [4.78, 5) is 55.1. The lowest BCUT2D eigenvalue weighted by Gasteiger charge is -2.34. The molecule has 0 heterocycles. The molecule has 0 aliphatic carbocycles. The molecule has 0 aliphatic heterocycles. The number of hydrogen-bond acceptors (Lipinski definition) is 7. The molecular formula is C32H45N3O6S. The summed E-state index contributed by atoms with van der Waals surface area (Å²) in [5.41, 5.74) is 0.740. The molecule has 0 fully saturated rings. The van der Waals surface area contributed by atoms with Crippen molar-refractivity contribution in [2.24, 2.45) is 0 Å². The molecule has 3 atom stereocenters. The van der Waals surface area contributed by atoms with Crippen LogP contribution in [-0.4, -0.2) is 64.4 Å². The highest BCUT2D eigenvalue weighted by Gasteiger charge is 2.37. The lowest BCUT2D eigenvalue weighted by atomic mass is 9.99. The average Bonchev–Trinajstić information content (AvgIpc) is 2.88. The summed E-state index contributed by atoms with van der Waals surface area (Å²) in [6, 6.07) is 13.4. The summed E-state index contributed by atoms with van der Waals surface area (Å²) in [5, 5.41) is 5.44. The Morgan fingerprint density at radius 2 is 1.48 bits per heavy atom. The number of likely N-dealkylation sites (N-methyl/N-ethyl adjacent to an activating group) is 1. The fourth-order valence-corrected chi connectivity index (χ4v) is 4.53. The van der Waals surface area contributed by atoms with Crippen LogP contribution in [-0.2, 0) is 30.3 Å². The van der Waals surface area contributed by atoms with E-state index in [1.165, 1.54) is 4.90 Å². The molecule has 9 nitrogen and oxygen atoms in total. The van der Waals surface area contributed by atoms with Gasteiger partial charge in [-0.25, -0.2) is 9.59 Å². The number of rotatable bonds is 11. The molecule has 3 unspecified atom stereocenters. The van der Waals surface area contributed by atoms with E-state index in [0.717, 1.165) is 11.1 Å². The van der Waals surface area contributed by atoms with Crippen molar-refractivity contribution in [2.45, 2.75) is 91.1 Å². The van der Waals surface area contributed by atoms with E-state index in [1.54, 1.807) is 60.6 Å². The number of esters is 1. The average molecular weight is 600 g/mol. The van der Waals surface area contributed by atoms with Gasteiger partial charge in [0.15, 0.2) is 0 Å². The summed E-state index contributed by atoms with van der Waals surface area (Å²) in [6.07, 6.45) is -0.572. The van der Waals surface area contributed by atoms with Gasteiger partial charge >= 0.3 is 12.1 Å². The van der Waals surface area contributed by atoms with Gasteiger partial charge in [0.05, 0.1) is 0 Å². The lowest BCUT2D eigenvalue weighted by molar-refractivity contribution is -0.159. The number of carbonyl (C=O) groups excluding carboxylic acids is 4. The number of hydrogen-bond donors (Lipinski definition) is 3. The largest absolute Gasteiger partial charge is 0.458 e. The van der Waals surface area contributed by atoms with Gasteiger partial charge in [-0.1, -0.05) is 60.2 Å². The second kappa shape index (κ2) is 15.1. The van der Waals surface area contributed by atoms with E-state index in [1.807, 2.05) is 49.4 Å². The molecule has 2 aromatic carbocycles. The van der Waals surface area contributed by atoms with Crippen LogP contribution in [0.5, 0.6) is 0 Å². The van der Waals surface area contributed by atoms with Gasteiger partial charge in [-0.3, -0.25) is 9.59 Å². The van der Waals surface area contributed by atoms with Gasteiger partial charge < -0.3 is 25.0 Å². The fraction of sp³-hybridized carbons (Fsp3) is 0.500. The number of amides is 3. The first-order valence-electron chi connectivity index (χ1n) is 14.1. The molecular weight excluding hydrogens is 554 g/mol. The highest BCUT2D eigenvalue weighted by Crippen LogP contribution is 2.24. The predicted octanol–water partition coefficient (Wildman–Crippen LogP) is 4.78. The van der Waals surface area contributed by atoms with Crippen LogP contribution in [0.1, 0.15) is 71.2 Å². The third-order valence-electron chi connectivity index (χ3n) is 6.00. The van der Waals surface area contributed by atoms with Crippen molar-refractivity contribution in [3.05, 3.63) is 71.3 Å². The standard InChI is InChI=1S/C32H45N3O6S/c1-9-35(28(37)25(20-42)34-30(39)41-32(6,7)8)26(23-17-13-14-21(2)18-23)27(36)33-24(29(38)40-31(3,4)5)19-22-15-11-10-12-16-22/h10-18,24-26,42H,9,19-20H2,1-8H3,(H,33,36)(H,34,39). The molecule has 2 N–H and O–H groups in total. The zero-order valence-corrected chi connectivity index (χ0v) is 26.8. The van der Waals surface area contributed by atoms with Crippen molar-refractivity contribution in [2.75, 3.05) is 12.3 Å². The third kappa shape index (κ3) is 11.0. The zero-order chi connectivity index (χ0) is 31.7. The minimum absolute atomic E-state index is 0.0225. The predicted molar refractivity (Wildman–Crippen MR) is 166 cm³/mol. The second-order valence-corrected chi connectivity index (χ2v) is 12.5. The van der Waals surface area contributed by atoms with E-state index in [9.17, 15) is 19.2 Å². The minimum atomic E-state index is -1.11.